The number of nitrogens with zero attached hydrogens (tertiary/aromatic N) is 1. The first-order valence-electron chi connectivity index (χ1n) is 7.46. The van der Waals surface area contributed by atoms with E-state index in [0.717, 1.165) is 24.8 Å². The molecule has 4 atom stereocenters. The van der Waals surface area contributed by atoms with Gasteiger partial charge in [0, 0.05) is 12.6 Å². The minimum absolute atomic E-state index is 0.0998. The molecule has 2 heteroatoms. The van der Waals surface area contributed by atoms with Crippen LogP contribution in [0.2, 0.25) is 0 Å². The Morgan fingerprint density at radius 3 is 2.59 bits per heavy atom. The van der Waals surface area contributed by atoms with E-state index >= 15 is 0 Å². The van der Waals surface area contributed by atoms with Gasteiger partial charge >= 0.3 is 0 Å². The summed E-state index contributed by atoms with van der Waals surface area (Å²) in [5.74, 6) is 1.58. The van der Waals surface area contributed by atoms with Gasteiger partial charge < -0.3 is 10.0 Å². The van der Waals surface area contributed by atoms with Gasteiger partial charge in [0.1, 0.15) is 0 Å². The van der Waals surface area contributed by atoms with Crippen molar-refractivity contribution in [3.8, 4) is 0 Å². The van der Waals surface area contributed by atoms with Crippen LogP contribution in [0.25, 0.3) is 0 Å². The van der Waals surface area contributed by atoms with Crippen molar-refractivity contribution in [2.75, 3.05) is 13.6 Å². The molecule has 1 aliphatic carbocycles. The molecule has 1 rings (SSSR count). The Bertz CT molecular complexity index is 207. The molecule has 2 nitrogen and oxygen atoms in total. The standard InChI is InChI=1S/C15H31NO/c1-5-7-13-8-9-15(17)14(10-13)16(4)11-12(3)6-2/h12-15,17H,5-11H2,1-4H3. The van der Waals surface area contributed by atoms with Gasteiger partial charge in [0.05, 0.1) is 6.10 Å². The summed E-state index contributed by atoms with van der Waals surface area (Å²) in [6.07, 6.45) is 7.16. The Kier molecular flexibility index (Phi) is 6.50. The maximum absolute atomic E-state index is 10.2. The first kappa shape index (κ1) is 15.0. The molecule has 0 aromatic heterocycles. The molecule has 1 N–H and O–H groups in total. The average molecular weight is 241 g/mol. The summed E-state index contributed by atoms with van der Waals surface area (Å²) in [5, 5.41) is 10.2. The maximum Gasteiger partial charge on any atom is 0.0695 e. The van der Waals surface area contributed by atoms with Crippen LogP contribution in [-0.2, 0) is 0 Å². The highest BCUT2D eigenvalue weighted by Gasteiger charge is 2.31. The van der Waals surface area contributed by atoms with Gasteiger partial charge in [0.2, 0.25) is 0 Å². The molecule has 17 heavy (non-hydrogen) atoms. The van der Waals surface area contributed by atoms with E-state index in [1.165, 1.54) is 32.1 Å². The van der Waals surface area contributed by atoms with E-state index in [2.05, 4.69) is 32.7 Å². The van der Waals surface area contributed by atoms with Crippen LogP contribution < -0.4 is 0 Å². The summed E-state index contributed by atoms with van der Waals surface area (Å²) in [6.45, 7) is 7.94. The van der Waals surface area contributed by atoms with E-state index in [1.54, 1.807) is 0 Å². The molecule has 0 saturated heterocycles. The predicted octanol–water partition coefficient (Wildman–Crippen LogP) is 3.29. The molecule has 1 saturated carbocycles. The highest BCUT2D eigenvalue weighted by Crippen LogP contribution is 2.30. The van der Waals surface area contributed by atoms with Gasteiger partial charge in [0.15, 0.2) is 0 Å². The summed E-state index contributed by atoms with van der Waals surface area (Å²) in [7, 11) is 2.19. The monoisotopic (exact) mass is 241 g/mol. The average Bonchev–Trinajstić information content (AvgIpc) is 2.31. The molecule has 1 aliphatic rings. The predicted molar refractivity (Wildman–Crippen MR) is 74.1 cm³/mol. The molecule has 0 bridgehead atoms. The second-order valence-corrected chi connectivity index (χ2v) is 6.06. The Labute approximate surface area is 107 Å². The summed E-state index contributed by atoms with van der Waals surface area (Å²) >= 11 is 0. The lowest BCUT2D eigenvalue weighted by Crippen LogP contribution is -2.46. The van der Waals surface area contributed by atoms with Gasteiger partial charge in [0.25, 0.3) is 0 Å². The number of likely N-dealkylation sites (N-methyl/N-ethyl adjacent to an activating group) is 1. The van der Waals surface area contributed by atoms with Crippen LogP contribution in [0.3, 0.4) is 0 Å². The fraction of sp³-hybridized carbons (Fsp3) is 1.00. The Hall–Kier alpha value is -0.0800. The van der Waals surface area contributed by atoms with Gasteiger partial charge in [-0.1, -0.05) is 40.0 Å². The molecular weight excluding hydrogens is 210 g/mol. The SMILES string of the molecule is CCCC1CCC(O)C(N(C)CC(C)CC)C1. The zero-order valence-corrected chi connectivity index (χ0v) is 12.2. The van der Waals surface area contributed by atoms with Crippen molar-refractivity contribution in [3.63, 3.8) is 0 Å². The van der Waals surface area contributed by atoms with Gasteiger partial charge in [-0.25, -0.2) is 0 Å². The highest BCUT2D eigenvalue weighted by atomic mass is 16.3. The molecule has 0 aliphatic heterocycles. The van der Waals surface area contributed by atoms with Crippen LogP contribution in [0, 0.1) is 11.8 Å². The van der Waals surface area contributed by atoms with Crippen molar-refractivity contribution >= 4 is 0 Å². The van der Waals surface area contributed by atoms with Crippen LogP contribution in [0.15, 0.2) is 0 Å². The summed E-state index contributed by atoms with van der Waals surface area (Å²) in [6, 6.07) is 0.397. The third kappa shape index (κ3) is 4.59. The van der Waals surface area contributed by atoms with Crippen molar-refractivity contribution in [3.05, 3.63) is 0 Å². The first-order chi connectivity index (χ1) is 8.08. The normalized spacial score (nSPS) is 31.8. The second kappa shape index (κ2) is 7.38. The van der Waals surface area contributed by atoms with Gasteiger partial charge in [-0.15, -0.1) is 0 Å². The zero-order chi connectivity index (χ0) is 12.8. The van der Waals surface area contributed by atoms with E-state index in [1.807, 2.05) is 0 Å². The smallest absolute Gasteiger partial charge is 0.0695 e. The second-order valence-electron chi connectivity index (χ2n) is 6.06. The van der Waals surface area contributed by atoms with Crippen LogP contribution in [0.5, 0.6) is 0 Å². The summed E-state index contributed by atoms with van der Waals surface area (Å²) in [5.41, 5.74) is 0. The molecular formula is C15H31NO. The maximum atomic E-state index is 10.2. The van der Waals surface area contributed by atoms with E-state index in [0.29, 0.717) is 6.04 Å². The van der Waals surface area contributed by atoms with E-state index in [9.17, 15) is 5.11 Å². The Balaban J connectivity index is 2.47. The minimum Gasteiger partial charge on any atom is -0.391 e. The molecule has 4 unspecified atom stereocenters. The number of hydrogen-bond acceptors (Lipinski definition) is 2. The molecule has 0 heterocycles. The lowest BCUT2D eigenvalue weighted by molar-refractivity contribution is 0.00778. The van der Waals surface area contributed by atoms with Crippen molar-refractivity contribution < 1.29 is 5.11 Å². The van der Waals surface area contributed by atoms with E-state index < -0.39 is 0 Å². The van der Waals surface area contributed by atoms with Crippen molar-refractivity contribution in [1.82, 2.24) is 4.90 Å². The van der Waals surface area contributed by atoms with Gasteiger partial charge in [-0.3, -0.25) is 0 Å². The van der Waals surface area contributed by atoms with Crippen LogP contribution in [0.1, 0.15) is 59.3 Å². The quantitative estimate of drug-likeness (QED) is 0.771. The van der Waals surface area contributed by atoms with Gasteiger partial charge in [-0.05, 0) is 38.1 Å². The Morgan fingerprint density at radius 2 is 2.00 bits per heavy atom. The fourth-order valence-electron chi connectivity index (χ4n) is 3.12. The van der Waals surface area contributed by atoms with Crippen molar-refractivity contribution in [2.24, 2.45) is 11.8 Å². The molecule has 0 aromatic rings. The summed E-state index contributed by atoms with van der Waals surface area (Å²) < 4.78 is 0. The summed E-state index contributed by atoms with van der Waals surface area (Å²) in [4.78, 5) is 2.40. The highest BCUT2D eigenvalue weighted by molar-refractivity contribution is 4.86. The van der Waals surface area contributed by atoms with Crippen molar-refractivity contribution in [1.29, 1.82) is 0 Å². The number of rotatable bonds is 6. The number of aliphatic hydroxyl groups excluding tert-OH is 1. The number of hydrogen-bond donors (Lipinski definition) is 1. The molecule has 0 aromatic carbocycles. The topological polar surface area (TPSA) is 23.5 Å². The van der Waals surface area contributed by atoms with Crippen LogP contribution in [-0.4, -0.2) is 35.7 Å². The molecule has 102 valence electrons. The van der Waals surface area contributed by atoms with Crippen molar-refractivity contribution in [2.45, 2.75) is 71.4 Å². The largest absolute Gasteiger partial charge is 0.391 e. The fourth-order valence-corrected chi connectivity index (χ4v) is 3.12. The molecule has 1 fully saturated rings. The van der Waals surface area contributed by atoms with E-state index in [4.69, 9.17) is 0 Å². The van der Waals surface area contributed by atoms with E-state index in [-0.39, 0.29) is 6.10 Å². The lowest BCUT2D eigenvalue weighted by Gasteiger charge is -2.39. The first-order valence-corrected chi connectivity index (χ1v) is 7.46. The zero-order valence-electron chi connectivity index (χ0n) is 12.2. The molecule has 0 amide bonds. The Morgan fingerprint density at radius 1 is 1.29 bits per heavy atom. The minimum atomic E-state index is -0.0998. The third-order valence-corrected chi connectivity index (χ3v) is 4.45. The molecule has 0 spiro atoms. The molecule has 0 radical (unpaired) electrons. The van der Waals surface area contributed by atoms with Crippen LogP contribution >= 0.6 is 0 Å². The number of aliphatic hydroxyl groups is 1. The lowest BCUT2D eigenvalue weighted by atomic mass is 9.80. The van der Waals surface area contributed by atoms with Gasteiger partial charge in [-0.2, -0.15) is 0 Å². The van der Waals surface area contributed by atoms with Crippen LogP contribution in [0.4, 0.5) is 0 Å². The third-order valence-electron chi connectivity index (χ3n) is 4.45.